The van der Waals surface area contributed by atoms with E-state index in [1.54, 1.807) is 6.20 Å². The van der Waals surface area contributed by atoms with Crippen molar-refractivity contribution >= 4 is 8.32 Å². The lowest BCUT2D eigenvalue weighted by Gasteiger charge is -2.39. The molecule has 8 heteroatoms. The lowest BCUT2D eigenvalue weighted by Crippen LogP contribution is -2.45. The number of hydrogen-bond acceptors (Lipinski definition) is 5. The van der Waals surface area contributed by atoms with Crippen molar-refractivity contribution in [3.8, 4) is 0 Å². The summed E-state index contributed by atoms with van der Waals surface area (Å²) in [6, 6.07) is 7.96. The fraction of sp³-hybridized carbons (Fsp3) is 0.600. The van der Waals surface area contributed by atoms with Gasteiger partial charge in [0.15, 0.2) is 8.32 Å². The molecular formula is C25H38N2O5Si. The zero-order valence-electron chi connectivity index (χ0n) is 20.9. The van der Waals surface area contributed by atoms with Crippen LogP contribution in [0.3, 0.4) is 0 Å². The van der Waals surface area contributed by atoms with Gasteiger partial charge in [0.05, 0.1) is 31.0 Å². The first-order chi connectivity index (χ1) is 15.4. The van der Waals surface area contributed by atoms with Gasteiger partial charge in [0.2, 0.25) is 0 Å². The van der Waals surface area contributed by atoms with Crippen LogP contribution in [0.2, 0.25) is 18.1 Å². The molecule has 0 aliphatic carbocycles. The van der Waals surface area contributed by atoms with E-state index in [0.29, 0.717) is 18.6 Å². The van der Waals surface area contributed by atoms with Gasteiger partial charge in [-0.3, -0.25) is 14.3 Å². The number of aryl methyl sites for hydroxylation is 1. The number of ether oxygens (including phenoxy) is 2. The van der Waals surface area contributed by atoms with Crippen molar-refractivity contribution in [2.75, 3.05) is 0 Å². The standard InChI is InChI=1S/C25H38N2O5Si/c1-8-20-21(32-33(6,7)25(3,4)5)13-22(31-20)27-14-19(23(28)26-24(27)29)16-30-15-18-12-10-9-11-17(18)2/h9-12,14,20-22H,8,13,15-16H2,1-7H3,(H,26,28,29)/t20-,21-,22-/m1/s1. The van der Waals surface area contributed by atoms with Gasteiger partial charge >= 0.3 is 5.69 Å². The van der Waals surface area contributed by atoms with E-state index in [1.165, 1.54) is 4.57 Å². The summed E-state index contributed by atoms with van der Waals surface area (Å²) in [5.41, 5.74) is 1.69. The van der Waals surface area contributed by atoms with E-state index in [0.717, 1.165) is 17.5 Å². The summed E-state index contributed by atoms with van der Waals surface area (Å²) < 4.78 is 20.1. The van der Waals surface area contributed by atoms with Crippen molar-refractivity contribution in [3.05, 3.63) is 68.0 Å². The molecule has 0 radical (unpaired) electrons. The number of aromatic nitrogens is 2. The highest BCUT2D eigenvalue weighted by molar-refractivity contribution is 6.74. The van der Waals surface area contributed by atoms with Crippen molar-refractivity contribution in [2.45, 2.75) is 97.2 Å². The minimum atomic E-state index is -1.99. The van der Waals surface area contributed by atoms with E-state index >= 15 is 0 Å². The first-order valence-electron chi connectivity index (χ1n) is 11.7. The lowest BCUT2D eigenvalue weighted by atomic mass is 10.1. The Bertz CT molecular complexity index is 1070. The lowest BCUT2D eigenvalue weighted by molar-refractivity contribution is -0.0201. The Morgan fingerprint density at radius 1 is 1.15 bits per heavy atom. The summed E-state index contributed by atoms with van der Waals surface area (Å²) in [5, 5.41) is 0.0832. The fourth-order valence-electron chi connectivity index (χ4n) is 3.80. The first-order valence-corrected chi connectivity index (χ1v) is 14.6. The van der Waals surface area contributed by atoms with Gasteiger partial charge in [-0.1, -0.05) is 52.0 Å². The van der Waals surface area contributed by atoms with Crippen molar-refractivity contribution in [3.63, 3.8) is 0 Å². The van der Waals surface area contributed by atoms with E-state index in [2.05, 4.69) is 45.8 Å². The van der Waals surface area contributed by atoms with Gasteiger partial charge in [0, 0.05) is 12.6 Å². The maximum Gasteiger partial charge on any atom is 0.330 e. The zero-order valence-corrected chi connectivity index (χ0v) is 21.9. The number of benzene rings is 1. The molecule has 182 valence electrons. The molecule has 3 atom stereocenters. The SMILES string of the molecule is CC[C@H]1O[C@@H](n2cc(COCc3ccccc3C)c(=O)[nH]c2=O)C[C@H]1O[Si](C)(C)C(C)(C)C. The van der Waals surface area contributed by atoms with Crippen LogP contribution in [0.4, 0.5) is 0 Å². The molecule has 1 aliphatic heterocycles. The maximum absolute atomic E-state index is 12.6. The summed E-state index contributed by atoms with van der Waals surface area (Å²) in [4.78, 5) is 27.4. The first kappa shape index (κ1) is 25.6. The molecule has 1 aromatic heterocycles. The predicted octanol–water partition coefficient (Wildman–Crippen LogP) is 4.65. The van der Waals surface area contributed by atoms with Crippen molar-refractivity contribution in [2.24, 2.45) is 0 Å². The van der Waals surface area contributed by atoms with Crippen LogP contribution in [-0.2, 0) is 27.1 Å². The van der Waals surface area contributed by atoms with Gasteiger partial charge < -0.3 is 13.9 Å². The van der Waals surface area contributed by atoms with Crippen LogP contribution in [0.25, 0.3) is 0 Å². The number of nitrogens with zero attached hydrogens (tertiary/aromatic N) is 1. The van der Waals surface area contributed by atoms with Crippen LogP contribution in [0.5, 0.6) is 0 Å². The molecule has 1 N–H and O–H groups in total. The molecule has 1 aromatic carbocycles. The Hall–Kier alpha value is -2.00. The Labute approximate surface area is 197 Å². The third kappa shape index (κ3) is 5.92. The quantitative estimate of drug-likeness (QED) is 0.563. The molecule has 1 aliphatic rings. The van der Waals surface area contributed by atoms with Crippen LogP contribution in [0.15, 0.2) is 40.1 Å². The summed E-state index contributed by atoms with van der Waals surface area (Å²) in [5.74, 6) is 0. The second-order valence-corrected chi connectivity index (χ2v) is 15.2. The molecule has 33 heavy (non-hydrogen) atoms. The highest BCUT2D eigenvalue weighted by atomic mass is 28.4. The highest BCUT2D eigenvalue weighted by Crippen LogP contribution is 2.41. The largest absolute Gasteiger partial charge is 0.411 e. The number of H-pyrrole nitrogens is 1. The van der Waals surface area contributed by atoms with E-state index in [-0.39, 0.29) is 23.9 Å². The Kier molecular flexibility index (Phi) is 7.83. The summed E-state index contributed by atoms with van der Waals surface area (Å²) in [7, 11) is -1.99. The van der Waals surface area contributed by atoms with Gasteiger partial charge in [0.25, 0.3) is 5.56 Å². The second-order valence-electron chi connectivity index (χ2n) is 10.4. The van der Waals surface area contributed by atoms with Crippen LogP contribution in [-0.4, -0.2) is 30.1 Å². The number of aromatic amines is 1. The Morgan fingerprint density at radius 3 is 2.45 bits per heavy atom. The average molecular weight is 475 g/mol. The van der Waals surface area contributed by atoms with Crippen LogP contribution >= 0.6 is 0 Å². The normalized spacial score (nSPS) is 21.5. The third-order valence-electron chi connectivity index (χ3n) is 6.96. The monoisotopic (exact) mass is 474 g/mol. The topological polar surface area (TPSA) is 82.5 Å². The number of nitrogens with one attached hydrogen (secondary N) is 1. The summed E-state index contributed by atoms with van der Waals surface area (Å²) in [6.45, 7) is 15.7. The number of rotatable bonds is 8. The van der Waals surface area contributed by atoms with E-state index in [1.807, 2.05) is 31.2 Å². The van der Waals surface area contributed by atoms with Gasteiger partial charge in [-0.05, 0) is 42.6 Å². The van der Waals surface area contributed by atoms with E-state index < -0.39 is 25.8 Å². The molecule has 0 bridgehead atoms. The number of hydrogen-bond donors (Lipinski definition) is 1. The zero-order chi connectivity index (χ0) is 24.4. The minimum Gasteiger partial charge on any atom is -0.411 e. The molecule has 0 spiro atoms. The molecule has 2 aromatic rings. The van der Waals surface area contributed by atoms with Crippen LogP contribution < -0.4 is 11.2 Å². The molecule has 0 unspecified atom stereocenters. The Morgan fingerprint density at radius 2 is 1.82 bits per heavy atom. The minimum absolute atomic E-state index is 0.0829. The molecule has 1 saturated heterocycles. The highest BCUT2D eigenvalue weighted by Gasteiger charge is 2.44. The van der Waals surface area contributed by atoms with E-state index in [4.69, 9.17) is 13.9 Å². The maximum atomic E-state index is 12.6. The average Bonchev–Trinajstić information content (AvgIpc) is 3.12. The molecule has 3 rings (SSSR count). The third-order valence-corrected chi connectivity index (χ3v) is 11.5. The molecule has 0 saturated carbocycles. The van der Waals surface area contributed by atoms with Gasteiger partial charge in [-0.15, -0.1) is 0 Å². The van der Waals surface area contributed by atoms with Gasteiger partial charge in [-0.25, -0.2) is 4.79 Å². The van der Waals surface area contributed by atoms with Crippen molar-refractivity contribution in [1.82, 2.24) is 9.55 Å². The molecule has 7 nitrogen and oxygen atoms in total. The predicted molar refractivity (Wildman–Crippen MR) is 132 cm³/mol. The smallest absolute Gasteiger partial charge is 0.330 e. The Balaban J connectivity index is 1.75. The summed E-state index contributed by atoms with van der Waals surface area (Å²) in [6.07, 6.45) is 2.28. The molecule has 0 amide bonds. The molecule has 2 heterocycles. The van der Waals surface area contributed by atoms with E-state index in [9.17, 15) is 9.59 Å². The van der Waals surface area contributed by atoms with Crippen LogP contribution in [0.1, 0.15) is 63.5 Å². The summed E-state index contributed by atoms with van der Waals surface area (Å²) >= 11 is 0. The fourth-order valence-corrected chi connectivity index (χ4v) is 5.16. The van der Waals surface area contributed by atoms with Crippen molar-refractivity contribution < 1.29 is 13.9 Å². The van der Waals surface area contributed by atoms with Crippen molar-refractivity contribution in [1.29, 1.82) is 0 Å². The molecular weight excluding hydrogens is 436 g/mol. The van der Waals surface area contributed by atoms with Gasteiger partial charge in [0.1, 0.15) is 6.23 Å². The molecule has 1 fully saturated rings. The van der Waals surface area contributed by atoms with Gasteiger partial charge in [-0.2, -0.15) is 0 Å². The van der Waals surface area contributed by atoms with Crippen LogP contribution in [0, 0.1) is 6.92 Å². The second kappa shape index (κ2) is 10.1.